The van der Waals surface area contributed by atoms with Crippen molar-refractivity contribution < 1.29 is 14.6 Å². The molecule has 0 amide bonds. The molecule has 0 saturated heterocycles. The fourth-order valence-electron chi connectivity index (χ4n) is 2.07. The third kappa shape index (κ3) is 6.55. The summed E-state index contributed by atoms with van der Waals surface area (Å²) in [6.45, 7) is 0.827. The Hall–Kier alpha value is -2.30. The van der Waals surface area contributed by atoms with Gasteiger partial charge in [-0.25, -0.2) is 0 Å². The van der Waals surface area contributed by atoms with Crippen LogP contribution in [-0.2, 0) is 22.7 Å². The minimum Gasteiger partial charge on any atom is -0.492 e. The molecule has 0 bridgehead atoms. The van der Waals surface area contributed by atoms with Gasteiger partial charge < -0.3 is 19.9 Å². The third-order valence-corrected chi connectivity index (χ3v) is 3.23. The predicted molar refractivity (Wildman–Crippen MR) is 90.2 cm³/mol. The van der Waals surface area contributed by atoms with Crippen LogP contribution in [0, 0.1) is 0 Å². The maximum absolute atomic E-state index is 10.0. The molecule has 0 aromatic heterocycles. The fraction of sp³-hybridized carbons (Fsp3) is 0.263. The van der Waals surface area contributed by atoms with Crippen LogP contribution in [0.1, 0.15) is 17.5 Å². The molecular weight excluding hydrogens is 290 g/mol. The molecule has 0 fully saturated rings. The summed E-state index contributed by atoms with van der Waals surface area (Å²) in [7, 11) is 1.79. The molecule has 0 aliphatic rings. The molecule has 1 unspecified atom stereocenters. The molecule has 23 heavy (non-hydrogen) atoms. The smallest absolute Gasteiger partial charge is 0.162 e. The van der Waals surface area contributed by atoms with Gasteiger partial charge in [-0.15, -0.1) is 0 Å². The third-order valence-electron chi connectivity index (χ3n) is 3.23. The Bertz CT molecular complexity index is 584. The van der Waals surface area contributed by atoms with Crippen molar-refractivity contribution in [1.82, 2.24) is 5.32 Å². The first-order valence-electron chi connectivity index (χ1n) is 7.64. The lowest BCUT2D eigenvalue weighted by atomic mass is 10.2. The van der Waals surface area contributed by atoms with E-state index in [-0.39, 0.29) is 0 Å². The highest BCUT2D eigenvalue weighted by Gasteiger charge is 2.10. The summed E-state index contributed by atoms with van der Waals surface area (Å²) in [5, 5.41) is 13.0. The van der Waals surface area contributed by atoms with E-state index in [1.54, 1.807) is 13.2 Å². The van der Waals surface area contributed by atoms with Gasteiger partial charge >= 0.3 is 0 Å². The minimum absolute atomic E-state index is 0.292. The lowest BCUT2D eigenvalue weighted by molar-refractivity contribution is -0.112. The summed E-state index contributed by atoms with van der Waals surface area (Å²) in [5.41, 5.74) is 2.10. The van der Waals surface area contributed by atoms with Crippen molar-refractivity contribution in [3.63, 3.8) is 0 Å². The number of nitrogens with one attached hydrogen (secondary N) is 1. The van der Waals surface area contributed by atoms with Gasteiger partial charge in [0.25, 0.3) is 0 Å². The molecule has 1 atom stereocenters. The van der Waals surface area contributed by atoms with E-state index < -0.39 is 6.29 Å². The van der Waals surface area contributed by atoms with Gasteiger partial charge in [0.05, 0.1) is 13.0 Å². The SMILES string of the molecule is CN/C=C(\CC(O)OCc1ccccc1)OCc1ccccc1. The van der Waals surface area contributed by atoms with Gasteiger partial charge in [0.1, 0.15) is 12.4 Å². The van der Waals surface area contributed by atoms with Gasteiger partial charge in [-0.3, -0.25) is 0 Å². The summed E-state index contributed by atoms with van der Waals surface area (Å²) in [4.78, 5) is 0. The molecule has 0 aliphatic carbocycles. The van der Waals surface area contributed by atoms with Gasteiger partial charge in [-0.05, 0) is 11.1 Å². The summed E-state index contributed by atoms with van der Waals surface area (Å²) < 4.78 is 11.2. The quantitative estimate of drug-likeness (QED) is 0.551. The average molecular weight is 313 g/mol. The number of aliphatic hydroxyl groups excluding tert-OH is 1. The van der Waals surface area contributed by atoms with Gasteiger partial charge in [0, 0.05) is 13.2 Å². The normalized spacial score (nSPS) is 12.7. The Morgan fingerprint density at radius 2 is 1.57 bits per heavy atom. The standard InChI is InChI=1S/C19H23NO3/c1-20-13-18(22-14-16-8-4-2-5-9-16)12-19(21)23-15-17-10-6-3-7-11-17/h2-11,13,19-21H,12,14-15H2,1H3/b18-13+. The van der Waals surface area contributed by atoms with Crippen molar-refractivity contribution in [2.45, 2.75) is 25.9 Å². The van der Waals surface area contributed by atoms with Crippen molar-refractivity contribution in [3.8, 4) is 0 Å². The van der Waals surface area contributed by atoms with E-state index >= 15 is 0 Å². The van der Waals surface area contributed by atoms with E-state index in [4.69, 9.17) is 9.47 Å². The Labute approximate surface area is 137 Å². The summed E-state index contributed by atoms with van der Waals surface area (Å²) >= 11 is 0. The highest BCUT2D eigenvalue weighted by atomic mass is 16.6. The van der Waals surface area contributed by atoms with Crippen molar-refractivity contribution >= 4 is 0 Å². The van der Waals surface area contributed by atoms with Crippen LogP contribution in [-0.4, -0.2) is 18.4 Å². The number of hydrogen-bond donors (Lipinski definition) is 2. The van der Waals surface area contributed by atoms with Gasteiger partial charge in [-0.1, -0.05) is 60.7 Å². The fourth-order valence-corrected chi connectivity index (χ4v) is 2.07. The van der Waals surface area contributed by atoms with Crippen molar-refractivity contribution in [3.05, 3.63) is 83.7 Å². The molecule has 2 aromatic carbocycles. The van der Waals surface area contributed by atoms with E-state index in [9.17, 15) is 5.11 Å². The van der Waals surface area contributed by atoms with Crippen LogP contribution in [0.5, 0.6) is 0 Å². The lowest BCUT2D eigenvalue weighted by Crippen LogP contribution is -2.15. The highest BCUT2D eigenvalue weighted by Crippen LogP contribution is 2.13. The maximum Gasteiger partial charge on any atom is 0.162 e. The Morgan fingerprint density at radius 1 is 1.00 bits per heavy atom. The molecule has 2 aromatic rings. The Balaban J connectivity index is 1.80. The van der Waals surface area contributed by atoms with Crippen LogP contribution in [0.4, 0.5) is 0 Å². The van der Waals surface area contributed by atoms with Crippen molar-refractivity contribution in [1.29, 1.82) is 0 Å². The second kappa shape index (κ2) is 9.66. The van der Waals surface area contributed by atoms with Crippen LogP contribution >= 0.6 is 0 Å². The van der Waals surface area contributed by atoms with E-state index in [0.717, 1.165) is 11.1 Å². The van der Waals surface area contributed by atoms with Gasteiger partial charge in [-0.2, -0.15) is 0 Å². The molecule has 0 aliphatic heterocycles. The molecular formula is C19H23NO3. The highest BCUT2D eigenvalue weighted by molar-refractivity contribution is 5.14. The first-order valence-corrected chi connectivity index (χ1v) is 7.64. The van der Waals surface area contributed by atoms with Crippen LogP contribution in [0.3, 0.4) is 0 Å². The van der Waals surface area contributed by atoms with Crippen LogP contribution in [0.25, 0.3) is 0 Å². The number of aliphatic hydroxyl groups is 1. The molecule has 2 rings (SSSR count). The first-order chi connectivity index (χ1) is 11.3. The van der Waals surface area contributed by atoms with E-state index in [2.05, 4.69) is 5.32 Å². The Morgan fingerprint density at radius 3 is 2.13 bits per heavy atom. The zero-order valence-electron chi connectivity index (χ0n) is 13.3. The second-order valence-corrected chi connectivity index (χ2v) is 5.13. The molecule has 0 heterocycles. The summed E-state index contributed by atoms with van der Waals surface area (Å²) in [6, 6.07) is 19.7. The van der Waals surface area contributed by atoms with Crippen molar-refractivity contribution in [2.75, 3.05) is 7.05 Å². The average Bonchev–Trinajstić information content (AvgIpc) is 2.60. The zero-order valence-corrected chi connectivity index (χ0v) is 13.3. The number of rotatable bonds is 9. The second-order valence-electron chi connectivity index (χ2n) is 5.13. The van der Waals surface area contributed by atoms with E-state index in [1.807, 2.05) is 60.7 Å². The minimum atomic E-state index is -0.912. The number of benzene rings is 2. The molecule has 4 nitrogen and oxygen atoms in total. The van der Waals surface area contributed by atoms with Crippen LogP contribution < -0.4 is 5.32 Å². The molecule has 0 saturated carbocycles. The first kappa shape index (κ1) is 17.1. The van der Waals surface area contributed by atoms with Gasteiger partial charge in [0.2, 0.25) is 0 Å². The number of hydrogen-bond acceptors (Lipinski definition) is 4. The van der Waals surface area contributed by atoms with E-state index in [0.29, 0.717) is 25.4 Å². The topological polar surface area (TPSA) is 50.7 Å². The van der Waals surface area contributed by atoms with E-state index in [1.165, 1.54) is 0 Å². The zero-order chi connectivity index (χ0) is 16.3. The van der Waals surface area contributed by atoms with Crippen LogP contribution in [0.2, 0.25) is 0 Å². The maximum atomic E-state index is 10.0. The molecule has 4 heteroatoms. The summed E-state index contributed by atoms with van der Waals surface area (Å²) in [6.07, 6.45) is 1.11. The molecule has 122 valence electrons. The van der Waals surface area contributed by atoms with Crippen molar-refractivity contribution in [2.24, 2.45) is 0 Å². The monoisotopic (exact) mass is 313 g/mol. The summed E-state index contributed by atoms with van der Waals surface area (Å²) in [5.74, 6) is 0.650. The van der Waals surface area contributed by atoms with Crippen LogP contribution in [0.15, 0.2) is 72.6 Å². The lowest BCUT2D eigenvalue weighted by Gasteiger charge is -2.16. The largest absolute Gasteiger partial charge is 0.492 e. The Kier molecular flexibility index (Phi) is 7.17. The predicted octanol–water partition coefficient (Wildman–Crippen LogP) is 3.19. The molecule has 0 radical (unpaired) electrons. The molecule has 0 spiro atoms. The van der Waals surface area contributed by atoms with Gasteiger partial charge in [0.15, 0.2) is 6.29 Å². The molecule has 2 N–H and O–H groups in total. The number of ether oxygens (including phenoxy) is 2.